The molecule has 128 valence electrons. The standard InChI is InChI=1S/C16H16Cl2N2O3S/c17-11-8-14(18)16(21)15(9-11)24(22,23)19-12-6-7-20(10-12)13-4-2-1-3-5-13/h1-5,8-9,12,19,21H,6-7,10H2. The van der Waals surface area contributed by atoms with Gasteiger partial charge in [-0.15, -0.1) is 0 Å². The first kappa shape index (κ1) is 17.4. The molecule has 1 heterocycles. The Morgan fingerprint density at radius 3 is 2.58 bits per heavy atom. The number of rotatable bonds is 4. The third kappa shape index (κ3) is 3.62. The van der Waals surface area contributed by atoms with E-state index >= 15 is 0 Å². The molecule has 0 aliphatic carbocycles. The average molecular weight is 387 g/mol. The minimum atomic E-state index is -3.92. The van der Waals surface area contributed by atoms with Crippen molar-refractivity contribution in [1.29, 1.82) is 0 Å². The minimum absolute atomic E-state index is 0.0970. The first-order valence-electron chi connectivity index (χ1n) is 7.37. The highest BCUT2D eigenvalue weighted by atomic mass is 35.5. The van der Waals surface area contributed by atoms with Crippen LogP contribution in [0.25, 0.3) is 0 Å². The van der Waals surface area contributed by atoms with Crippen molar-refractivity contribution in [3.63, 3.8) is 0 Å². The Morgan fingerprint density at radius 2 is 1.88 bits per heavy atom. The molecule has 5 nitrogen and oxygen atoms in total. The lowest BCUT2D eigenvalue weighted by Gasteiger charge is -2.19. The number of phenolic OH excluding ortho intramolecular Hbond substituents is 1. The van der Waals surface area contributed by atoms with Gasteiger partial charge in [-0.05, 0) is 30.7 Å². The molecule has 2 N–H and O–H groups in total. The maximum absolute atomic E-state index is 12.5. The van der Waals surface area contributed by atoms with Crippen LogP contribution in [-0.4, -0.2) is 32.7 Å². The molecule has 0 aromatic heterocycles. The van der Waals surface area contributed by atoms with Gasteiger partial charge in [-0.1, -0.05) is 41.4 Å². The van der Waals surface area contributed by atoms with Crippen LogP contribution in [0.3, 0.4) is 0 Å². The summed E-state index contributed by atoms with van der Waals surface area (Å²) in [5, 5.41) is 9.99. The zero-order chi connectivity index (χ0) is 17.3. The number of phenols is 1. The molecule has 24 heavy (non-hydrogen) atoms. The average Bonchev–Trinajstić information content (AvgIpc) is 2.99. The molecule has 1 atom stereocenters. The first-order chi connectivity index (χ1) is 11.4. The van der Waals surface area contributed by atoms with Gasteiger partial charge < -0.3 is 10.0 Å². The van der Waals surface area contributed by atoms with Crippen molar-refractivity contribution in [2.75, 3.05) is 18.0 Å². The van der Waals surface area contributed by atoms with Crippen molar-refractivity contribution in [2.45, 2.75) is 17.4 Å². The second-order valence-corrected chi connectivity index (χ2v) is 8.15. The number of nitrogens with one attached hydrogen (secondary N) is 1. The van der Waals surface area contributed by atoms with E-state index in [1.165, 1.54) is 12.1 Å². The molecule has 3 rings (SSSR count). The van der Waals surface area contributed by atoms with E-state index < -0.39 is 15.8 Å². The summed E-state index contributed by atoms with van der Waals surface area (Å²) in [5.41, 5.74) is 1.05. The van der Waals surface area contributed by atoms with Crippen LogP contribution in [-0.2, 0) is 10.0 Å². The van der Waals surface area contributed by atoms with Crippen molar-refractivity contribution in [3.8, 4) is 5.75 Å². The highest BCUT2D eigenvalue weighted by molar-refractivity contribution is 7.89. The predicted molar refractivity (Wildman–Crippen MR) is 95.5 cm³/mol. The van der Waals surface area contributed by atoms with Crippen molar-refractivity contribution in [2.24, 2.45) is 0 Å². The number of nitrogens with zero attached hydrogens (tertiary/aromatic N) is 1. The van der Waals surface area contributed by atoms with E-state index in [9.17, 15) is 13.5 Å². The van der Waals surface area contributed by atoms with Crippen LogP contribution < -0.4 is 9.62 Å². The summed E-state index contributed by atoms with van der Waals surface area (Å²) in [6.45, 7) is 1.30. The van der Waals surface area contributed by atoms with Crippen molar-refractivity contribution >= 4 is 38.9 Å². The van der Waals surface area contributed by atoms with Gasteiger partial charge in [-0.25, -0.2) is 13.1 Å². The monoisotopic (exact) mass is 386 g/mol. The van der Waals surface area contributed by atoms with E-state index in [0.29, 0.717) is 13.0 Å². The Morgan fingerprint density at radius 1 is 1.17 bits per heavy atom. The van der Waals surface area contributed by atoms with Crippen LogP contribution in [0, 0.1) is 0 Å². The van der Waals surface area contributed by atoms with E-state index in [4.69, 9.17) is 23.2 Å². The molecule has 1 aliphatic rings. The fourth-order valence-corrected chi connectivity index (χ4v) is 4.78. The number of halogens is 2. The van der Waals surface area contributed by atoms with E-state index in [0.717, 1.165) is 12.2 Å². The topological polar surface area (TPSA) is 69.6 Å². The number of para-hydroxylation sites is 1. The molecule has 2 aromatic rings. The van der Waals surface area contributed by atoms with Gasteiger partial charge >= 0.3 is 0 Å². The minimum Gasteiger partial charge on any atom is -0.505 e. The normalized spacial score (nSPS) is 18.1. The summed E-state index contributed by atoms with van der Waals surface area (Å²) < 4.78 is 27.7. The maximum Gasteiger partial charge on any atom is 0.244 e. The zero-order valence-electron chi connectivity index (χ0n) is 12.6. The zero-order valence-corrected chi connectivity index (χ0v) is 14.9. The second kappa shape index (κ2) is 6.80. The number of hydrogen-bond donors (Lipinski definition) is 2. The largest absolute Gasteiger partial charge is 0.505 e. The number of benzene rings is 2. The number of sulfonamides is 1. The Hall–Kier alpha value is -1.47. The van der Waals surface area contributed by atoms with Crippen LogP contribution in [0.2, 0.25) is 10.0 Å². The fourth-order valence-electron chi connectivity index (χ4n) is 2.76. The molecule has 1 unspecified atom stereocenters. The molecule has 0 amide bonds. The van der Waals surface area contributed by atoms with Gasteiger partial charge in [0.15, 0.2) is 5.75 Å². The lowest BCUT2D eigenvalue weighted by Crippen LogP contribution is -2.37. The summed E-state index contributed by atoms with van der Waals surface area (Å²) in [7, 11) is -3.92. The van der Waals surface area contributed by atoms with Gasteiger partial charge in [0.2, 0.25) is 10.0 Å². The second-order valence-electron chi connectivity index (χ2n) is 5.62. The highest BCUT2D eigenvalue weighted by Gasteiger charge is 2.29. The van der Waals surface area contributed by atoms with Crippen molar-refractivity contribution < 1.29 is 13.5 Å². The van der Waals surface area contributed by atoms with Crippen LogP contribution in [0.4, 0.5) is 5.69 Å². The van der Waals surface area contributed by atoms with Crippen LogP contribution in [0.15, 0.2) is 47.4 Å². The van der Waals surface area contributed by atoms with E-state index in [2.05, 4.69) is 9.62 Å². The van der Waals surface area contributed by atoms with Gasteiger partial charge in [0.1, 0.15) is 4.90 Å². The van der Waals surface area contributed by atoms with Gasteiger partial charge in [0.25, 0.3) is 0 Å². The van der Waals surface area contributed by atoms with E-state index in [1.807, 2.05) is 30.3 Å². The maximum atomic E-state index is 12.5. The summed E-state index contributed by atoms with van der Waals surface area (Å²) in [5.74, 6) is -0.494. The first-order valence-corrected chi connectivity index (χ1v) is 9.61. The Balaban J connectivity index is 1.77. The fraction of sp³-hybridized carbons (Fsp3) is 0.250. The summed E-state index contributed by atoms with van der Waals surface area (Å²) in [4.78, 5) is 1.80. The van der Waals surface area contributed by atoms with E-state index in [-0.39, 0.29) is 21.0 Å². The molecular weight excluding hydrogens is 371 g/mol. The van der Waals surface area contributed by atoms with Crippen molar-refractivity contribution in [1.82, 2.24) is 4.72 Å². The summed E-state index contributed by atoms with van der Waals surface area (Å²) in [6, 6.07) is 12.0. The number of aromatic hydroxyl groups is 1. The SMILES string of the molecule is O=S(=O)(NC1CCN(c2ccccc2)C1)c1cc(Cl)cc(Cl)c1O. The van der Waals surface area contributed by atoms with Gasteiger partial charge in [0.05, 0.1) is 5.02 Å². The molecular formula is C16H16Cl2N2O3S. The van der Waals surface area contributed by atoms with Gasteiger partial charge in [-0.2, -0.15) is 0 Å². The smallest absolute Gasteiger partial charge is 0.244 e. The Labute approximate surface area is 150 Å². The summed E-state index contributed by atoms with van der Waals surface area (Å²) >= 11 is 11.7. The van der Waals surface area contributed by atoms with Crippen molar-refractivity contribution in [3.05, 3.63) is 52.5 Å². The lowest BCUT2D eigenvalue weighted by molar-refractivity contribution is 0.457. The van der Waals surface area contributed by atoms with Gasteiger partial charge in [-0.3, -0.25) is 0 Å². The van der Waals surface area contributed by atoms with Crippen LogP contribution in [0.5, 0.6) is 5.75 Å². The molecule has 0 radical (unpaired) electrons. The molecule has 1 saturated heterocycles. The van der Waals surface area contributed by atoms with E-state index in [1.54, 1.807) is 0 Å². The molecule has 0 spiro atoms. The lowest BCUT2D eigenvalue weighted by atomic mass is 10.3. The third-order valence-electron chi connectivity index (χ3n) is 3.91. The Bertz CT molecular complexity index is 844. The van der Waals surface area contributed by atoms with Gasteiger partial charge in [0, 0.05) is 29.8 Å². The molecule has 0 saturated carbocycles. The molecule has 2 aromatic carbocycles. The molecule has 8 heteroatoms. The Kier molecular flexibility index (Phi) is 4.92. The third-order valence-corrected chi connectivity index (χ3v) is 5.95. The quantitative estimate of drug-likeness (QED) is 0.845. The van der Waals surface area contributed by atoms with Crippen LogP contribution >= 0.6 is 23.2 Å². The molecule has 0 bridgehead atoms. The van der Waals surface area contributed by atoms with Crippen LogP contribution in [0.1, 0.15) is 6.42 Å². The number of hydrogen-bond acceptors (Lipinski definition) is 4. The molecule has 1 fully saturated rings. The highest BCUT2D eigenvalue weighted by Crippen LogP contribution is 2.34. The predicted octanol–water partition coefficient (Wildman–Crippen LogP) is 3.26. The number of anilines is 1. The summed E-state index contributed by atoms with van der Waals surface area (Å²) in [6.07, 6.45) is 0.670. The molecule has 1 aliphatic heterocycles.